The van der Waals surface area contributed by atoms with Gasteiger partial charge in [-0.15, -0.1) is 0 Å². The van der Waals surface area contributed by atoms with Crippen LogP contribution in [0.15, 0.2) is 158 Å². The van der Waals surface area contributed by atoms with Crippen LogP contribution >= 0.6 is 0 Å². The minimum Gasteiger partial charge on any atom is -0.285 e. The second-order valence-corrected chi connectivity index (χ2v) is 14.3. The Bertz CT molecular complexity index is 2500. The van der Waals surface area contributed by atoms with Crippen LogP contribution in [0.3, 0.4) is 0 Å². The van der Waals surface area contributed by atoms with E-state index in [9.17, 15) is 14.4 Å². The summed E-state index contributed by atoms with van der Waals surface area (Å²) >= 11 is 0. The van der Waals surface area contributed by atoms with E-state index in [1.165, 1.54) is 15.4 Å². The van der Waals surface area contributed by atoms with E-state index in [2.05, 4.69) is 62.5 Å². The molecule has 10 rings (SSSR count). The standard InChI is InChI=1S/C42H33N15O3/c1-22-16-31(37(58)34(19-22)55-49-25-10-4-5-11-26(25)50-55)43-40-46-41(44-32-17-23(2)20-35(38(32)59)56-51-27-12-6-7-13-28(27)52-56)48-42(47-40)45-33-18-24(3)21-36(39(33)60)57-53-29-14-8-9-15-30(29)54-57/h4-21,49-54H,1-3H3/b43-31-,44-32-,45-33+. The molecule has 18 nitrogen and oxygen atoms in total. The fourth-order valence-corrected chi connectivity index (χ4v) is 6.97. The highest BCUT2D eigenvalue weighted by Gasteiger charge is 2.32. The number of allylic oxidation sites excluding steroid dienone is 12. The first-order chi connectivity index (χ1) is 29.1. The van der Waals surface area contributed by atoms with Crippen molar-refractivity contribution in [3.8, 4) is 0 Å². The fraction of sp³-hybridized carbons (Fsp3) is 0.0714. The smallest absolute Gasteiger partial charge is 0.256 e. The average molecular weight is 796 g/mol. The molecule has 0 saturated carbocycles. The molecule has 0 amide bonds. The van der Waals surface area contributed by atoms with Gasteiger partial charge in [0.2, 0.25) is 17.3 Å². The molecular formula is C42H33N15O3. The molecule has 0 unspecified atom stereocenters. The Labute approximate surface area is 341 Å². The summed E-state index contributed by atoms with van der Waals surface area (Å²) in [6.07, 6.45) is 10.0. The zero-order valence-corrected chi connectivity index (χ0v) is 32.1. The number of nitrogens with one attached hydrogen (secondary N) is 6. The first kappa shape index (κ1) is 35.7. The highest BCUT2D eigenvalue weighted by atomic mass is 16.1. The Morgan fingerprint density at radius 1 is 0.383 bits per heavy atom. The molecule has 0 radical (unpaired) electrons. The van der Waals surface area contributed by atoms with E-state index < -0.39 is 17.3 Å². The molecule has 60 heavy (non-hydrogen) atoms. The molecule has 3 aliphatic carbocycles. The monoisotopic (exact) mass is 795 g/mol. The number of hydrogen-bond acceptors (Lipinski definition) is 18. The lowest BCUT2D eigenvalue weighted by molar-refractivity contribution is -0.111. The largest absolute Gasteiger partial charge is 0.285 e. The third kappa shape index (κ3) is 6.58. The maximum absolute atomic E-state index is 14.0. The molecule has 0 atom stereocenters. The molecule has 6 N–H and O–H groups in total. The van der Waals surface area contributed by atoms with Crippen LogP contribution in [0.5, 0.6) is 0 Å². The number of nitrogens with zero attached hydrogens (tertiary/aromatic N) is 9. The molecule has 1 aromatic heterocycles. The van der Waals surface area contributed by atoms with Gasteiger partial charge in [0.1, 0.15) is 34.2 Å². The van der Waals surface area contributed by atoms with Crippen molar-refractivity contribution in [1.29, 1.82) is 0 Å². The number of aromatic nitrogens is 3. The number of carbonyl (C=O) groups excluding carboxylic acids is 3. The Kier molecular flexibility index (Phi) is 8.37. The topological polar surface area (TPSA) is 209 Å². The summed E-state index contributed by atoms with van der Waals surface area (Å²) < 4.78 is 0. The van der Waals surface area contributed by atoms with Gasteiger partial charge in [0.15, 0.2) is 0 Å². The van der Waals surface area contributed by atoms with Crippen molar-refractivity contribution in [2.24, 2.45) is 15.0 Å². The van der Waals surface area contributed by atoms with Crippen molar-refractivity contribution in [2.45, 2.75) is 20.8 Å². The van der Waals surface area contributed by atoms with Crippen LogP contribution in [-0.4, -0.2) is 64.8 Å². The van der Waals surface area contributed by atoms with Gasteiger partial charge in [-0.2, -0.15) is 30.3 Å². The Morgan fingerprint density at radius 3 is 0.850 bits per heavy atom. The fourth-order valence-electron chi connectivity index (χ4n) is 6.97. The van der Waals surface area contributed by atoms with Crippen molar-refractivity contribution in [3.05, 3.63) is 143 Å². The third-order valence-corrected chi connectivity index (χ3v) is 9.74. The summed E-state index contributed by atoms with van der Waals surface area (Å²) in [5.74, 6) is -1.96. The second-order valence-electron chi connectivity index (χ2n) is 14.3. The lowest BCUT2D eigenvalue weighted by Gasteiger charge is -2.23. The van der Waals surface area contributed by atoms with Crippen LogP contribution in [-0.2, 0) is 14.4 Å². The molecule has 0 fully saturated rings. The van der Waals surface area contributed by atoms with E-state index in [0.717, 1.165) is 50.8 Å². The second kappa shape index (κ2) is 14.1. The molecule has 0 bridgehead atoms. The van der Waals surface area contributed by atoms with Crippen LogP contribution in [0.4, 0.5) is 52.0 Å². The van der Waals surface area contributed by atoms with Gasteiger partial charge in [0.05, 0.1) is 34.1 Å². The Balaban J connectivity index is 1.01. The van der Waals surface area contributed by atoms with Gasteiger partial charge in [-0.25, -0.2) is 15.0 Å². The predicted molar refractivity (Wildman–Crippen MR) is 228 cm³/mol. The normalized spacial score (nSPS) is 19.8. The van der Waals surface area contributed by atoms with Crippen molar-refractivity contribution in [1.82, 2.24) is 30.3 Å². The van der Waals surface area contributed by atoms with Crippen LogP contribution in [0.2, 0.25) is 0 Å². The first-order valence-corrected chi connectivity index (χ1v) is 18.8. The van der Waals surface area contributed by atoms with Gasteiger partial charge in [0.25, 0.3) is 17.8 Å². The van der Waals surface area contributed by atoms with Gasteiger partial charge in [0, 0.05) is 0 Å². The van der Waals surface area contributed by atoms with Crippen LogP contribution in [0, 0.1) is 0 Å². The van der Waals surface area contributed by atoms with E-state index in [4.69, 9.17) is 0 Å². The minimum atomic E-state index is -0.431. The van der Waals surface area contributed by atoms with E-state index in [1.807, 2.05) is 93.6 Å². The molecule has 4 heterocycles. The lowest BCUT2D eigenvalue weighted by atomic mass is 10.0. The van der Waals surface area contributed by atoms with Crippen molar-refractivity contribution in [3.63, 3.8) is 0 Å². The molecule has 4 aromatic rings. The quantitative estimate of drug-likeness (QED) is 0.118. The number of rotatable bonds is 6. The van der Waals surface area contributed by atoms with Crippen molar-refractivity contribution < 1.29 is 14.4 Å². The first-order valence-electron chi connectivity index (χ1n) is 18.8. The summed E-state index contributed by atoms with van der Waals surface area (Å²) in [5, 5.41) is 4.57. The van der Waals surface area contributed by atoms with Crippen LogP contribution in [0.1, 0.15) is 20.8 Å². The van der Waals surface area contributed by atoms with E-state index in [1.54, 1.807) is 36.5 Å². The number of carbonyl (C=O) groups is 3. The van der Waals surface area contributed by atoms with E-state index >= 15 is 0 Å². The third-order valence-electron chi connectivity index (χ3n) is 9.74. The number of anilines is 6. The molecule has 3 aliphatic heterocycles. The van der Waals surface area contributed by atoms with E-state index in [0.29, 0.717) is 0 Å². The molecule has 18 heteroatoms. The zero-order chi connectivity index (χ0) is 41.1. The highest BCUT2D eigenvalue weighted by molar-refractivity contribution is 6.52. The molecule has 294 valence electrons. The van der Waals surface area contributed by atoms with Gasteiger partial charge < -0.3 is 0 Å². The van der Waals surface area contributed by atoms with Gasteiger partial charge >= 0.3 is 0 Å². The zero-order valence-electron chi connectivity index (χ0n) is 32.1. The Hall–Kier alpha value is -8.67. The van der Waals surface area contributed by atoms with Gasteiger partial charge in [-0.1, -0.05) is 36.4 Å². The highest BCUT2D eigenvalue weighted by Crippen LogP contribution is 2.34. The molecular weight excluding hydrogens is 763 g/mol. The van der Waals surface area contributed by atoms with Crippen LogP contribution < -0.4 is 32.6 Å². The summed E-state index contributed by atoms with van der Waals surface area (Å²) in [4.78, 5) is 69.3. The predicted octanol–water partition coefficient (Wildman–Crippen LogP) is 6.34. The number of hydrogen-bond donors (Lipinski definition) is 6. The maximum atomic E-state index is 14.0. The van der Waals surface area contributed by atoms with Crippen molar-refractivity contribution in [2.75, 3.05) is 32.6 Å². The van der Waals surface area contributed by atoms with Crippen LogP contribution in [0.25, 0.3) is 0 Å². The molecule has 6 aliphatic rings. The summed E-state index contributed by atoms with van der Waals surface area (Å²) in [6, 6.07) is 22.6. The lowest BCUT2D eigenvalue weighted by Crippen LogP contribution is -2.36. The SMILES string of the molecule is CC1=C/C(=N/c2nc(/N=C3/C=C(C)C=C(N4Nc5ccccc5N4)C3=O)nc(/N=C3\C=C(C)C=C(N4Nc5ccccc5N4)C3=O)n2)C(=O)C(N2Nc3ccccc3N2)=C1. The average Bonchev–Trinajstić information content (AvgIpc) is 3.98. The molecule has 3 aromatic carbocycles. The number of aliphatic imine (C=N–C) groups is 3. The number of fused-ring (bicyclic) bond motifs is 3. The summed E-state index contributed by atoms with van der Waals surface area (Å²) in [5.41, 5.74) is 27.0. The molecule has 0 spiro atoms. The number of hydrazine groups is 6. The molecule has 0 saturated heterocycles. The summed E-state index contributed by atoms with van der Waals surface area (Å²) in [6.45, 7) is 5.50. The maximum Gasteiger partial charge on any atom is 0.256 e. The van der Waals surface area contributed by atoms with Crippen molar-refractivity contribution >= 4 is 86.5 Å². The van der Waals surface area contributed by atoms with Gasteiger partial charge in [-0.05, 0) is 110 Å². The Morgan fingerprint density at radius 2 is 0.617 bits per heavy atom. The summed E-state index contributed by atoms with van der Waals surface area (Å²) in [7, 11) is 0. The number of ketones is 3. The minimum absolute atomic E-state index is 0.0221. The van der Waals surface area contributed by atoms with E-state index in [-0.39, 0.29) is 52.1 Å². The number of benzene rings is 3. The number of Topliss-reactive ketones (excluding diaryl/α,β-unsaturated/α-hetero) is 3. The number of para-hydroxylation sites is 6. The van der Waals surface area contributed by atoms with Gasteiger partial charge in [-0.3, -0.25) is 46.9 Å².